The summed E-state index contributed by atoms with van der Waals surface area (Å²) in [5.74, 6) is 0.0615. The van der Waals surface area contributed by atoms with Crippen LogP contribution in [0.25, 0.3) is 0 Å². The SMILES string of the molecule is CN(Cc1n[nH]c2c1CCC2)C(=O)C1CCN(C(=O)c2ccccn2)CC1. The van der Waals surface area contributed by atoms with Gasteiger partial charge in [0.15, 0.2) is 0 Å². The summed E-state index contributed by atoms with van der Waals surface area (Å²) >= 11 is 0. The van der Waals surface area contributed by atoms with E-state index in [1.165, 1.54) is 11.3 Å². The summed E-state index contributed by atoms with van der Waals surface area (Å²) in [4.78, 5) is 33.0. The minimum absolute atomic E-state index is 0.0326. The van der Waals surface area contributed by atoms with Gasteiger partial charge in [0.1, 0.15) is 5.69 Å². The van der Waals surface area contributed by atoms with Crippen molar-refractivity contribution in [2.24, 2.45) is 5.92 Å². The molecule has 0 bridgehead atoms. The second-order valence-electron chi connectivity index (χ2n) is 7.46. The predicted octanol–water partition coefficient (Wildman–Crippen LogP) is 1.80. The number of hydrogen-bond donors (Lipinski definition) is 1. The van der Waals surface area contributed by atoms with Gasteiger partial charge in [-0.3, -0.25) is 19.7 Å². The molecule has 1 saturated heterocycles. The zero-order valence-corrected chi connectivity index (χ0v) is 15.6. The third-order valence-corrected chi connectivity index (χ3v) is 5.67. The summed E-state index contributed by atoms with van der Waals surface area (Å²) in [6.07, 6.45) is 6.29. The molecule has 2 amide bonds. The number of aromatic nitrogens is 3. The van der Waals surface area contributed by atoms with Crippen molar-refractivity contribution in [1.29, 1.82) is 0 Å². The number of aryl methyl sites for hydroxylation is 1. The number of carbonyl (C=O) groups excluding carboxylic acids is 2. The van der Waals surface area contributed by atoms with Gasteiger partial charge in [0, 0.05) is 37.9 Å². The summed E-state index contributed by atoms with van der Waals surface area (Å²) in [5.41, 5.74) is 3.99. The lowest BCUT2D eigenvalue weighted by Gasteiger charge is -2.33. The molecule has 142 valence electrons. The fraction of sp³-hybridized carbons (Fsp3) is 0.500. The number of pyridine rings is 1. The van der Waals surface area contributed by atoms with E-state index in [-0.39, 0.29) is 17.7 Å². The van der Waals surface area contributed by atoms with Crippen LogP contribution in [0.15, 0.2) is 24.4 Å². The van der Waals surface area contributed by atoms with Crippen LogP contribution in [0, 0.1) is 5.92 Å². The largest absolute Gasteiger partial charge is 0.340 e. The molecule has 2 aliphatic rings. The van der Waals surface area contributed by atoms with Gasteiger partial charge >= 0.3 is 0 Å². The number of carbonyl (C=O) groups is 2. The van der Waals surface area contributed by atoms with E-state index in [9.17, 15) is 9.59 Å². The zero-order valence-electron chi connectivity index (χ0n) is 15.6. The van der Waals surface area contributed by atoms with E-state index in [4.69, 9.17) is 0 Å². The Hall–Kier alpha value is -2.70. The molecule has 2 aromatic rings. The van der Waals surface area contributed by atoms with E-state index in [2.05, 4.69) is 15.2 Å². The molecule has 27 heavy (non-hydrogen) atoms. The zero-order chi connectivity index (χ0) is 18.8. The second kappa shape index (κ2) is 7.50. The Labute approximate surface area is 158 Å². The van der Waals surface area contributed by atoms with Gasteiger partial charge in [-0.05, 0) is 49.8 Å². The normalized spacial score (nSPS) is 17.0. The third-order valence-electron chi connectivity index (χ3n) is 5.67. The topological polar surface area (TPSA) is 82.2 Å². The Morgan fingerprint density at radius 3 is 2.81 bits per heavy atom. The number of hydrogen-bond acceptors (Lipinski definition) is 4. The van der Waals surface area contributed by atoms with Crippen molar-refractivity contribution in [3.05, 3.63) is 47.0 Å². The third kappa shape index (κ3) is 3.59. The average Bonchev–Trinajstić information content (AvgIpc) is 3.33. The Kier molecular flexibility index (Phi) is 4.92. The number of likely N-dealkylation sites (tertiary alicyclic amines) is 1. The fourth-order valence-electron chi connectivity index (χ4n) is 4.11. The van der Waals surface area contributed by atoms with E-state index in [0.717, 1.165) is 25.0 Å². The van der Waals surface area contributed by atoms with E-state index in [1.54, 1.807) is 28.1 Å². The van der Waals surface area contributed by atoms with Crippen molar-refractivity contribution in [2.45, 2.75) is 38.6 Å². The van der Waals surface area contributed by atoms with Crippen LogP contribution < -0.4 is 0 Å². The molecule has 3 heterocycles. The number of piperidine rings is 1. The summed E-state index contributed by atoms with van der Waals surface area (Å²) < 4.78 is 0. The van der Waals surface area contributed by atoms with Crippen LogP contribution >= 0.6 is 0 Å². The fourth-order valence-corrected chi connectivity index (χ4v) is 4.11. The van der Waals surface area contributed by atoms with E-state index in [1.807, 2.05) is 13.1 Å². The molecule has 0 radical (unpaired) electrons. The molecule has 1 N–H and O–H groups in total. The molecular weight excluding hydrogens is 342 g/mol. The van der Waals surface area contributed by atoms with Gasteiger partial charge in [-0.1, -0.05) is 6.07 Å². The highest BCUT2D eigenvalue weighted by Gasteiger charge is 2.30. The lowest BCUT2D eigenvalue weighted by Crippen LogP contribution is -2.43. The van der Waals surface area contributed by atoms with Crippen LogP contribution in [0.1, 0.15) is 46.7 Å². The van der Waals surface area contributed by atoms with Gasteiger partial charge in [-0.25, -0.2) is 0 Å². The summed E-state index contributed by atoms with van der Waals surface area (Å²) in [6, 6.07) is 5.35. The molecule has 0 spiro atoms. The van der Waals surface area contributed by atoms with E-state index in [0.29, 0.717) is 38.2 Å². The first-order valence-corrected chi connectivity index (χ1v) is 9.63. The van der Waals surface area contributed by atoms with Crippen molar-refractivity contribution in [1.82, 2.24) is 25.0 Å². The van der Waals surface area contributed by atoms with Crippen LogP contribution in [0.3, 0.4) is 0 Å². The number of aromatic amines is 1. The average molecular weight is 367 g/mol. The minimum Gasteiger partial charge on any atom is -0.340 e. The van der Waals surface area contributed by atoms with Crippen LogP contribution in [0.5, 0.6) is 0 Å². The molecule has 7 nitrogen and oxygen atoms in total. The Bertz CT molecular complexity index is 824. The number of H-pyrrole nitrogens is 1. The quantitative estimate of drug-likeness (QED) is 0.893. The first-order valence-electron chi connectivity index (χ1n) is 9.63. The number of rotatable bonds is 4. The molecule has 7 heteroatoms. The molecule has 1 fully saturated rings. The van der Waals surface area contributed by atoms with Crippen molar-refractivity contribution in [2.75, 3.05) is 20.1 Å². The van der Waals surface area contributed by atoms with Crippen molar-refractivity contribution >= 4 is 11.8 Å². The number of fused-ring (bicyclic) bond motifs is 1. The lowest BCUT2D eigenvalue weighted by molar-refractivity contribution is -0.136. The van der Waals surface area contributed by atoms with Gasteiger partial charge in [-0.15, -0.1) is 0 Å². The van der Waals surface area contributed by atoms with Crippen LogP contribution in [0.4, 0.5) is 0 Å². The number of nitrogens with one attached hydrogen (secondary N) is 1. The van der Waals surface area contributed by atoms with Crippen molar-refractivity contribution in [3.63, 3.8) is 0 Å². The molecule has 0 aromatic carbocycles. The molecular formula is C20H25N5O2. The van der Waals surface area contributed by atoms with Crippen LogP contribution in [-0.2, 0) is 24.2 Å². The number of nitrogens with zero attached hydrogens (tertiary/aromatic N) is 4. The van der Waals surface area contributed by atoms with Crippen molar-refractivity contribution < 1.29 is 9.59 Å². The molecule has 0 atom stereocenters. The van der Waals surface area contributed by atoms with Crippen LogP contribution in [0.2, 0.25) is 0 Å². The standard InChI is InChI=1S/C20H25N5O2/c1-24(13-18-15-5-4-7-16(15)22-23-18)19(26)14-8-11-25(12-9-14)20(27)17-6-2-3-10-21-17/h2-3,6,10,14H,4-5,7-9,11-13H2,1H3,(H,22,23). The molecule has 0 unspecified atom stereocenters. The number of amides is 2. The Balaban J connectivity index is 1.32. The van der Waals surface area contributed by atoms with Gasteiger partial charge < -0.3 is 9.80 Å². The van der Waals surface area contributed by atoms with Gasteiger partial charge in [0.2, 0.25) is 5.91 Å². The molecule has 1 aliphatic heterocycles. The van der Waals surface area contributed by atoms with Crippen molar-refractivity contribution in [3.8, 4) is 0 Å². The van der Waals surface area contributed by atoms with Gasteiger partial charge in [0.05, 0.1) is 12.2 Å². The maximum absolute atomic E-state index is 12.8. The molecule has 0 saturated carbocycles. The second-order valence-corrected chi connectivity index (χ2v) is 7.46. The first-order chi connectivity index (χ1) is 13.1. The monoisotopic (exact) mass is 367 g/mol. The smallest absolute Gasteiger partial charge is 0.272 e. The minimum atomic E-state index is -0.0538. The van der Waals surface area contributed by atoms with E-state index < -0.39 is 0 Å². The molecule has 1 aliphatic carbocycles. The Morgan fingerprint density at radius 1 is 1.26 bits per heavy atom. The summed E-state index contributed by atoms with van der Waals surface area (Å²) in [5, 5.41) is 7.50. The highest BCUT2D eigenvalue weighted by molar-refractivity contribution is 5.92. The molecule has 2 aromatic heterocycles. The summed E-state index contributed by atoms with van der Waals surface area (Å²) in [7, 11) is 1.85. The summed E-state index contributed by atoms with van der Waals surface area (Å²) in [6.45, 7) is 1.74. The maximum atomic E-state index is 12.8. The van der Waals surface area contributed by atoms with Crippen LogP contribution in [-0.4, -0.2) is 56.9 Å². The maximum Gasteiger partial charge on any atom is 0.272 e. The lowest BCUT2D eigenvalue weighted by atomic mass is 9.95. The molecule has 4 rings (SSSR count). The first kappa shape index (κ1) is 17.7. The predicted molar refractivity (Wildman–Crippen MR) is 100.0 cm³/mol. The Morgan fingerprint density at radius 2 is 2.07 bits per heavy atom. The highest BCUT2D eigenvalue weighted by atomic mass is 16.2. The highest BCUT2D eigenvalue weighted by Crippen LogP contribution is 2.25. The van der Waals surface area contributed by atoms with Gasteiger partial charge in [0.25, 0.3) is 5.91 Å². The van der Waals surface area contributed by atoms with E-state index >= 15 is 0 Å². The van der Waals surface area contributed by atoms with Gasteiger partial charge in [-0.2, -0.15) is 5.10 Å².